The second-order valence-electron chi connectivity index (χ2n) is 8.17. The van der Waals surface area contributed by atoms with E-state index in [2.05, 4.69) is 36.5 Å². The molecule has 0 bridgehead atoms. The fourth-order valence-electron chi connectivity index (χ4n) is 4.57. The Labute approximate surface area is 164 Å². The molecule has 6 nitrogen and oxygen atoms in total. The molecule has 0 aromatic carbocycles. The highest BCUT2D eigenvalue weighted by Gasteiger charge is 2.34. The van der Waals surface area contributed by atoms with Crippen molar-refractivity contribution in [2.24, 2.45) is 5.92 Å². The molecule has 144 valence electrons. The lowest BCUT2D eigenvalue weighted by atomic mass is 9.93. The van der Waals surface area contributed by atoms with E-state index >= 15 is 0 Å². The van der Waals surface area contributed by atoms with Crippen LogP contribution in [0.15, 0.2) is 17.8 Å². The number of thiophene rings is 1. The van der Waals surface area contributed by atoms with Crippen LogP contribution < -0.4 is 10.2 Å². The number of piperidine rings is 2. The summed E-state index contributed by atoms with van der Waals surface area (Å²) in [5, 5.41) is 6.47. The molecule has 1 aliphatic carbocycles. The van der Waals surface area contributed by atoms with Crippen LogP contribution in [0.5, 0.6) is 0 Å². The third kappa shape index (κ3) is 3.67. The maximum Gasteiger partial charge on any atom is 0.224 e. The van der Waals surface area contributed by atoms with E-state index in [9.17, 15) is 4.79 Å². The van der Waals surface area contributed by atoms with Crippen LogP contribution in [0.4, 0.5) is 5.82 Å². The predicted octanol–water partition coefficient (Wildman–Crippen LogP) is 2.65. The maximum atomic E-state index is 12.5. The second kappa shape index (κ2) is 7.36. The lowest BCUT2D eigenvalue weighted by molar-refractivity contribution is -0.127. The summed E-state index contributed by atoms with van der Waals surface area (Å²) in [4.78, 5) is 27.5. The van der Waals surface area contributed by atoms with Gasteiger partial charge in [0.25, 0.3) is 0 Å². The molecule has 0 unspecified atom stereocenters. The summed E-state index contributed by atoms with van der Waals surface area (Å²) in [6, 6.07) is 3.20. The van der Waals surface area contributed by atoms with Crippen molar-refractivity contribution in [1.82, 2.24) is 20.2 Å². The summed E-state index contributed by atoms with van der Waals surface area (Å²) in [5.74, 6) is 1.56. The SMILES string of the molecule is O=C(NC1CC1)[C@H]1CCCN(C2CCN(c3ncnc4sccc34)CC2)C1. The molecule has 2 aromatic heterocycles. The Kier molecular flexibility index (Phi) is 4.73. The Morgan fingerprint density at radius 2 is 1.96 bits per heavy atom. The van der Waals surface area contributed by atoms with Crippen molar-refractivity contribution < 1.29 is 4.79 Å². The number of hydrogen-bond acceptors (Lipinski definition) is 6. The van der Waals surface area contributed by atoms with Crippen LogP contribution in [0.1, 0.15) is 38.5 Å². The molecule has 5 rings (SSSR count). The van der Waals surface area contributed by atoms with Gasteiger partial charge in [-0.3, -0.25) is 9.69 Å². The van der Waals surface area contributed by atoms with Gasteiger partial charge < -0.3 is 10.2 Å². The lowest BCUT2D eigenvalue weighted by Gasteiger charge is -2.42. The minimum Gasteiger partial charge on any atom is -0.356 e. The number of likely N-dealkylation sites (tertiary alicyclic amines) is 1. The number of rotatable bonds is 4. The van der Waals surface area contributed by atoms with Gasteiger partial charge in [-0.1, -0.05) is 0 Å². The number of aromatic nitrogens is 2. The molecule has 4 heterocycles. The van der Waals surface area contributed by atoms with Gasteiger partial charge in [0, 0.05) is 31.7 Å². The number of carbonyl (C=O) groups excluding carboxylic acids is 1. The van der Waals surface area contributed by atoms with E-state index in [0.717, 1.165) is 62.5 Å². The molecular formula is C20H27N5OS. The standard InChI is InChI=1S/C20H27N5OS/c26-19(23-15-3-4-15)14-2-1-8-25(12-14)16-5-9-24(10-6-16)18-17-7-11-27-20(17)22-13-21-18/h7,11,13-16H,1-6,8-10,12H2,(H,23,26)/t14-/m0/s1. The number of carbonyl (C=O) groups is 1. The Balaban J connectivity index is 1.20. The second-order valence-corrected chi connectivity index (χ2v) is 9.07. The van der Waals surface area contributed by atoms with Crippen LogP contribution in [0.3, 0.4) is 0 Å². The van der Waals surface area contributed by atoms with Crippen molar-refractivity contribution in [1.29, 1.82) is 0 Å². The van der Waals surface area contributed by atoms with Gasteiger partial charge in [0.1, 0.15) is 17.0 Å². The maximum absolute atomic E-state index is 12.5. The van der Waals surface area contributed by atoms with Crippen LogP contribution in [0.2, 0.25) is 0 Å². The van der Waals surface area contributed by atoms with Crippen molar-refractivity contribution in [2.45, 2.75) is 50.6 Å². The minimum absolute atomic E-state index is 0.185. The fraction of sp³-hybridized carbons (Fsp3) is 0.650. The molecule has 1 amide bonds. The summed E-state index contributed by atoms with van der Waals surface area (Å²) in [6.07, 6.45) is 8.50. The zero-order chi connectivity index (χ0) is 18.2. The molecule has 1 N–H and O–H groups in total. The fourth-order valence-corrected chi connectivity index (χ4v) is 5.30. The first-order chi connectivity index (χ1) is 13.3. The summed E-state index contributed by atoms with van der Waals surface area (Å²) in [5.41, 5.74) is 0. The highest BCUT2D eigenvalue weighted by molar-refractivity contribution is 7.16. The average molecular weight is 386 g/mol. The molecular weight excluding hydrogens is 358 g/mol. The van der Waals surface area contributed by atoms with E-state index in [1.807, 2.05) is 0 Å². The van der Waals surface area contributed by atoms with Gasteiger partial charge >= 0.3 is 0 Å². The Morgan fingerprint density at radius 1 is 1.11 bits per heavy atom. The monoisotopic (exact) mass is 385 g/mol. The topological polar surface area (TPSA) is 61.4 Å². The summed E-state index contributed by atoms with van der Waals surface area (Å²) < 4.78 is 0. The van der Waals surface area contributed by atoms with E-state index in [1.54, 1.807) is 17.7 Å². The quantitative estimate of drug-likeness (QED) is 0.877. The third-order valence-electron chi connectivity index (χ3n) is 6.27. The molecule has 0 spiro atoms. The van der Waals surface area contributed by atoms with Gasteiger partial charge in [-0.15, -0.1) is 11.3 Å². The molecule has 0 radical (unpaired) electrons. The van der Waals surface area contributed by atoms with Gasteiger partial charge in [-0.2, -0.15) is 0 Å². The van der Waals surface area contributed by atoms with Crippen LogP contribution in [0, 0.1) is 5.92 Å². The highest BCUT2D eigenvalue weighted by atomic mass is 32.1. The van der Waals surface area contributed by atoms with Crippen LogP contribution in [0.25, 0.3) is 10.2 Å². The van der Waals surface area contributed by atoms with Crippen molar-refractivity contribution in [3.63, 3.8) is 0 Å². The smallest absolute Gasteiger partial charge is 0.224 e. The molecule has 3 aliphatic rings. The van der Waals surface area contributed by atoms with Gasteiger partial charge in [-0.05, 0) is 56.5 Å². The van der Waals surface area contributed by atoms with Gasteiger partial charge in [0.2, 0.25) is 5.91 Å². The largest absolute Gasteiger partial charge is 0.356 e. The van der Waals surface area contributed by atoms with Gasteiger partial charge in [0.05, 0.1) is 11.3 Å². The van der Waals surface area contributed by atoms with E-state index in [0.29, 0.717) is 18.0 Å². The van der Waals surface area contributed by atoms with E-state index in [1.165, 1.54) is 18.2 Å². The summed E-state index contributed by atoms with van der Waals surface area (Å²) in [7, 11) is 0. The molecule has 1 saturated carbocycles. The van der Waals surface area contributed by atoms with Crippen LogP contribution >= 0.6 is 11.3 Å². The minimum atomic E-state index is 0.185. The number of nitrogens with one attached hydrogen (secondary N) is 1. The summed E-state index contributed by atoms with van der Waals surface area (Å²) in [6.45, 7) is 4.13. The van der Waals surface area contributed by atoms with E-state index in [-0.39, 0.29) is 5.92 Å². The normalized spacial score (nSPS) is 25.0. The first-order valence-electron chi connectivity index (χ1n) is 10.3. The molecule has 2 saturated heterocycles. The molecule has 1 atom stereocenters. The van der Waals surface area contributed by atoms with Crippen molar-refractivity contribution in [2.75, 3.05) is 31.1 Å². The number of hydrogen-bond donors (Lipinski definition) is 1. The third-order valence-corrected chi connectivity index (χ3v) is 7.09. The Bertz CT molecular complexity index is 812. The molecule has 2 aliphatic heterocycles. The number of amides is 1. The van der Waals surface area contributed by atoms with E-state index in [4.69, 9.17) is 0 Å². The summed E-state index contributed by atoms with van der Waals surface area (Å²) >= 11 is 1.68. The predicted molar refractivity (Wildman–Crippen MR) is 108 cm³/mol. The number of fused-ring (bicyclic) bond motifs is 1. The highest BCUT2D eigenvalue weighted by Crippen LogP contribution is 2.31. The van der Waals surface area contributed by atoms with Crippen LogP contribution in [-0.4, -0.2) is 59.0 Å². The van der Waals surface area contributed by atoms with E-state index < -0.39 is 0 Å². The first kappa shape index (κ1) is 17.4. The molecule has 7 heteroatoms. The van der Waals surface area contributed by atoms with Gasteiger partial charge in [-0.25, -0.2) is 9.97 Å². The van der Waals surface area contributed by atoms with Crippen molar-refractivity contribution >= 4 is 33.3 Å². The Hall–Kier alpha value is -1.73. The zero-order valence-corrected chi connectivity index (χ0v) is 16.5. The molecule has 3 fully saturated rings. The first-order valence-corrected chi connectivity index (χ1v) is 11.1. The number of nitrogens with zero attached hydrogens (tertiary/aromatic N) is 4. The zero-order valence-electron chi connectivity index (χ0n) is 15.6. The number of anilines is 1. The molecule has 27 heavy (non-hydrogen) atoms. The Morgan fingerprint density at radius 3 is 2.78 bits per heavy atom. The van der Waals surface area contributed by atoms with Crippen molar-refractivity contribution in [3.05, 3.63) is 17.8 Å². The molecule has 2 aromatic rings. The van der Waals surface area contributed by atoms with Crippen LogP contribution in [-0.2, 0) is 4.79 Å². The lowest BCUT2D eigenvalue weighted by Crippen LogP contribution is -2.51. The van der Waals surface area contributed by atoms with Crippen molar-refractivity contribution in [3.8, 4) is 0 Å². The average Bonchev–Trinajstić information content (AvgIpc) is 3.40. The van der Waals surface area contributed by atoms with Gasteiger partial charge in [0.15, 0.2) is 0 Å².